The van der Waals surface area contributed by atoms with Gasteiger partial charge in [-0.2, -0.15) is 0 Å². The van der Waals surface area contributed by atoms with Crippen LogP contribution in [0.2, 0.25) is 0 Å². The van der Waals surface area contributed by atoms with Crippen molar-refractivity contribution in [1.82, 2.24) is 0 Å². The molecule has 0 amide bonds. The van der Waals surface area contributed by atoms with E-state index in [1.54, 1.807) is 0 Å². The molecule has 0 saturated carbocycles. The molecule has 0 N–H and O–H groups in total. The van der Waals surface area contributed by atoms with Crippen molar-refractivity contribution in [3.05, 3.63) is 46.8 Å². The van der Waals surface area contributed by atoms with Crippen molar-refractivity contribution >= 4 is 11.3 Å². The molecule has 0 spiro atoms. The lowest BCUT2D eigenvalue weighted by molar-refractivity contribution is 0.867. The van der Waals surface area contributed by atoms with Gasteiger partial charge in [0, 0.05) is 4.88 Å². The highest BCUT2D eigenvalue weighted by Crippen LogP contribution is 2.28. The molecule has 0 saturated heterocycles. The second-order valence-electron chi connectivity index (χ2n) is 4.27. The lowest BCUT2D eigenvalue weighted by Crippen LogP contribution is -1.85. The third-order valence-electron chi connectivity index (χ3n) is 2.59. The predicted molar refractivity (Wildman–Crippen MR) is 68.6 cm³/mol. The molecule has 0 radical (unpaired) electrons. The Kier molecular flexibility index (Phi) is 2.92. The van der Waals surface area contributed by atoms with Gasteiger partial charge in [0.1, 0.15) is 0 Å². The van der Waals surface area contributed by atoms with Crippen molar-refractivity contribution in [2.24, 2.45) is 0 Å². The first-order chi connectivity index (χ1) is 7.16. The molecule has 1 aromatic carbocycles. The predicted octanol–water partition coefficient (Wildman–Crippen LogP) is 4.85. The van der Waals surface area contributed by atoms with Crippen molar-refractivity contribution in [3.8, 4) is 10.4 Å². The van der Waals surface area contributed by atoms with Crippen molar-refractivity contribution in [1.29, 1.82) is 0 Å². The van der Waals surface area contributed by atoms with Crippen LogP contribution in [0.1, 0.15) is 30.9 Å². The molecule has 0 aliphatic heterocycles. The van der Waals surface area contributed by atoms with Crippen LogP contribution in [0, 0.1) is 6.92 Å². The summed E-state index contributed by atoms with van der Waals surface area (Å²) in [4.78, 5) is 1.36. The Bertz CT molecular complexity index is 435. The van der Waals surface area contributed by atoms with Crippen molar-refractivity contribution < 1.29 is 0 Å². The number of hydrogen-bond donors (Lipinski definition) is 0. The summed E-state index contributed by atoms with van der Waals surface area (Å²) in [5, 5.41) is 2.20. The van der Waals surface area contributed by atoms with Gasteiger partial charge in [-0.3, -0.25) is 0 Å². The SMILES string of the molecule is Cc1csc(-c2ccc(C(C)C)cc2)c1. The highest BCUT2D eigenvalue weighted by molar-refractivity contribution is 7.13. The highest BCUT2D eigenvalue weighted by Gasteiger charge is 2.02. The first kappa shape index (κ1) is 10.4. The molecular formula is C14H16S. The molecule has 0 aliphatic carbocycles. The summed E-state index contributed by atoms with van der Waals surface area (Å²) in [5.74, 6) is 0.615. The van der Waals surface area contributed by atoms with Crippen LogP contribution in [0.5, 0.6) is 0 Å². The number of rotatable bonds is 2. The zero-order valence-electron chi connectivity index (χ0n) is 9.45. The summed E-state index contributed by atoms with van der Waals surface area (Å²) in [5.41, 5.74) is 4.09. The van der Waals surface area contributed by atoms with Crippen LogP contribution in [0.25, 0.3) is 10.4 Å². The summed E-state index contributed by atoms with van der Waals surface area (Å²) >= 11 is 1.82. The molecule has 1 heteroatoms. The van der Waals surface area contributed by atoms with E-state index in [2.05, 4.69) is 56.5 Å². The van der Waals surface area contributed by atoms with Crippen LogP contribution >= 0.6 is 11.3 Å². The van der Waals surface area contributed by atoms with E-state index < -0.39 is 0 Å². The molecule has 0 aliphatic rings. The van der Waals surface area contributed by atoms with Gasteiger partial charge in [0.2, 0.25) is 0 Å². The molecule has 15 heavy (non-hydrogen) atoms. The summed E-state index contributed by atoms with van der Waals surface area (Å²) in [6.07, 6.45) is 0. The first-order valence-corrected chi connectivity index (χ1v) is 6.20. The molecule has 1 heterocycles. The molecule has 0 atom stereocenters. The summed E-state index contributed by atoms with van der Waals surface area (Å²) in [6.45, 7) is 6.59. The number of thiophene rings is 1. The van der Waals surface area contributed by atoms with E-state index in [-0.39, 0.29) is 0 Å². The summed E-state index contributed by atoms with van der Waals surface area (Å²) in [7, 11) is 0. The molecule has 1 aromatic heterocycles. The molecule has 78 valence electrons. The Hall–Kier alpha value is -1.08. The van der Waals surface area contributed by atoms with Crippen LogP contribution in [0.3, 0.4) is 0 Å². The van der Waals surface area contributed by atoms with Crippen LogP contribution in [0.4, 0.5) is 0 Å². The zero-order chi connectivity index (χ0) is 10.8. The standard InChI is InChI=1S/C14H16S/c1-10(2)12-4-6-13(7-5-12)14-8-11(3)9-15-14/h4-10H,1-3H3. The first-order valence-electron chi connectivity index (χ1n) is 5.32. The van der Waals surface area contributed by atoms with E-state index in [9.17, 15) is 0 Å². The smallest absolute Gasteiger partial charge is 0.0345 e. The van der Waals surface area contributed by atoms with E-state index in [4.69, 9.17) is 0 Å². The average molecular weight is 216 g/mol. The Morgan fingerprint density at radius 3 is 2.20 bits per heavy atom. The molecule has 0 nitrogen and oxygen atoms in total. The fourth-order valence-electron chi connectivity index (χ4n) is 1.61. The largest absolute Gasteiger partial charge is 0.144 e. The number of hydrogen-bond acceptors (Lipinski definition) is 1. The molecule has 0 fully saturated rings. The Balaban J connectivity index is 2.31. The van der Waals surface area contributed by atoms with Gasteiger partial charge in [0.15, 0.2) is 0 Å². The third kappa shape index (κ3) is 2.29. The maximum atomic E-state index is 2.25. The fourth-order valence-corrected chi connectivity index (χ4v) is 2.52. The summed E-state index contributed by atoms with van der Waals surface area (Å²) in [6, 6.07) is 11.2. The molecule has 2 rings (SSSR count). The maximum absolute atomic E-state index is 2.25. The average Bonchev–Trinajstić information content (AvgIpc) is 2.65. The topological polar surface area (TPSA) is 0 Å². The molecular weight excluding hydrogens is 200 g/mol. The third-order valence-corrected chi connectivity index (χ3v) is 3.69. The van der Waals surface area contributed by atoms with Gasteiger partial charge in [0.05, 0.1) is 0 Å². The Morgan fingerprint density at radius 1 is 1.07 bits per heavy atom. The van der Waals surface area contributed by atoms with E-state index in [1.807, 2.05) is 11.3 Å². The van der Waals surface area contributed by atoms with E-state index in [0.29, 0.717) is 5.92 Å². The van der Waals surface area contributed by atoms with Crippen molar-refractivity contribution in [3.63, 3.8) is 0 Å². The summed E-state index contributed by atoms with van der Waals surface area (Å²) < 4.78 is 0. The van der Waals surface area contributed by atoms with Gasteiger partial charge in [-0.1, -0.05) is 38.1 Å². The maximum Gasteiger partial charge on any atom is 0.0345 e. The quantitative estimate of drug-likeness (QED) is 0.673. The van der Waals surface area contributed by atoms with Crippen LogP contribution in [0.15, 0.2) is 35.7 Å². The lowest BCUT2D eigenvalue weighted by Gasteiger charge is -2.05. The van der Waals surface area contributed by atoms with Gasteiger partial charge < -0.3 is 0 Å². The van der Waals surface area contributed by atoms with Crippen LogP contribution < -0.4 is 0 Å². The normalized spacial score (nSPS) is 10.9. The monoisotopic (exact) mass is 216 g/mol. The second kappa shape index (κ2) is 4.19. The van der Waals surface area contributed by atoms with Gasteiger partial charge in [-0.05, 0) is 41.0 Å². The van der Waals surface area contributed by atoms with Gasteiger partial charge in [-0.25, -0.2) is 0 Å². The van der Waals surface area contributed by atoms with Crippen LogP contribution in [-0.2, 0) is 0 Å². The molecule has 2 aromatic rings. The van der Waals surface area contributed by atoms with Gasteiger partial charge in [-0.15, -0.1) is 11.3 Å². The molecule has 0 bridgehead atoms. The number of aryl methyl sites for hydroxylation is 1. The van der Waals surface area contributed by atoms with Crippen molar-refractivity contribution in [2.45, 2.75) is 26.7 Å². The minimum atomic E-state index is 0.615. The minimum absolute atomic E-state index is 0.615. The lowest BCUT2D eigenvalue weighted by atomic mass is 10.0. The van der Waals surface area contributed by atoms with E-state index in [1.165, 1.54) is 21.6 Å². The van der Waals surface area contributed by atoms with E-state index >= 15 is 0 Å². The fraction of sp³-hybridized carbons (Fsp3) is 0.286. The second-order valence-corrected chi connectivity index (χ2v) is 5.18. The Labute approximate surface area is 95.6 Å². The zero-order valence-corrected chi connectivity index (χ0v) is 10.3. The van der Waals surface area contributed by atoms with E-state index in [0.717, 1.165) is 0 Å². The highest BCUT2D eigenvalue weighted by atomic mass is 32.1. The number of benzene rings is 1. The van der Waals surface area contributed by atoms with Gasteiger partial charge >= 0.3 is 0 Å². The Morgan fingerprint density at radius 2 is 1.73 bits per heavy atom. The minimum Gasteiger partial charge on any atom is -0.144 e. The van der Waals surface area contributed by atoms with Crippen LogP contribution in [-0.4, -0.2) is 0 Å². The van der Waals surface area contributed by atoms with Crippen molar-refractivity contribution in [2.75, 3.05) is 0 Å². The van der Waals surface area contributed by atoms with Gasteiger partial charge in [0.25, 0.3) is 0 Å². The molecule has 0 unspecified atom stereocenters.